The summed E-state index contributed by atoms with van der Waals surface area (Å²) in [5.41, 5.74) is 0.432. The largest absolute Gasteiger partial charge is 0.490 e. The van der Waals surface area contributed by atoms with Crippen molar-refractivity contribution >= 4 is 5.97 Å². The number of alkyl halides is 3. The van der Waals surface area contributed by atoms with Crippen LogP contribution in [0.3, 0.4) is 0 Å². The normalized spacial score (nSPS) is 13.4. The van der Waals surface area contributed by atoms with E-state index in [1.54, 1.807) is 6.92 Å². The highest BCUT2D eigenvalue weighted by Gasteiger charge is 2.42. The molecular weight excluding hydrogens is 209 g/mol. The first kappa shape index (κ1) is 14.0. The van der Waals surface area contributed by atoms with Crippen molar-refractivity contribution < 1.29 is 22.7 Å². The van der Waals surface area contributed by atoms with Gasteiger partial charge in [-0.15, -0.1) is 0 Å². The SMILES string of the molecule is C=C(C)C(CCCC)OC(=O)C(F)(F)F. The minimum Gasteiger partial charge on any atom is -0.451 e. The molecule has 0 fully saturated rings. The van der Waals surface area contributed by atoms with Gasteiger partial charge < -0.3 is 4.74 Å². The van der Waals surface area contributed by atoms with E-state index < -0.39 is 18.2 Å². The van der Waals surface area contributed by atoms with Gasteiger partial charge >= 0.3 is 12.1 Å². The smallest absolute Gasteiger partial charge is 0.451 e. The van der Waals surface area contributed by atoms with Gasteiger partial charge in [0.2, 0.25) is 0 Å². The van der Waals surface area contributed by atoms with Crippen LogP contribution in [0.4, 0.5) is 13.2 Å². The molecule has 0 aromatic heterocycles. The van der Waals surface area contributed by atoms with Gasteiger partial charge in [-0.05, 0) is 25.3 Å². The first-order valence-electron chi connectivity index (χ1n) is 4.72. The predicted octanol–water partition coefficient (Wildman–Crippen LogP) is 3.23. The lowest BCUT2D eigenvalue weighted by Crippen LogP contribution is -2.30. The van der Waals surface area contributed by atoms with Crippen LogP contribution >= 0.6 is 0 Å². The van der Waals surface area contributed by atoms with Gasteiger partial charge in [0.1, 0.15) is 6.10 Å². The molecule has 0 aromatic rings. The first-order valence-corrected chi connectivity index (χ1v) is 4.72. The lowest BCUT2D eigenvalue weighted by Gasteiger charge is -2.18. The zero-order chi connectivity index (χ0) is 12.1. The van der Waals surface area contributed by atoms with E-state index in [9.17, 15) is 18.0 Å². The standard InChI is InChI=1S/C10H15F3O2/c1-4-5-6-8(7(2)3)15-9(14)10(11,12)13/h8H,2,4-6H2,1,3H3. The number of esters is 1. The Balaban J connectivity index is 4.29. The number of carbonyl (C=O) groups is 1. The van der Waals surface area contributed by atoms with Crippen molar-refractivity contribution in [1.29, 1.82) is 0 Å². The van der Waals surface area contributed by atoms with Gasteiger partial charge in [-0.25, -0.2) is 4.79 Å². The molecule has 5 heteroatoms. The van der Waals surface area contributed by atoms with Crippen molar-refractivity contribution in [2.45, 2.75) is 45.4 Å². The number of ether oxygens (including phenoxy) is 1. The van der Waals surface area contributed by atoms with Gasteiger partial charge in [0.05, 0.1) is 0 Å². The van der Waals surface area contributed by atoms with Crippen LogP contribution in [0.2, 0.25) is 0 Å². The molecule has 0 amide bonds. The highest BCUT2D eigenvalue weighted by atomic mass is 19.4. The zero-order valence-electron chi connectivity index (χ0n) is 8.86. The van der Waals surface area contributed by atoms with Crippen molar-refractivity contribution in [2.24, 2.45) is 0 Å². The van der Waals surface area contributed by atoms with Crippen molar-refractivity contribution in [3.05, 3.63) is 12.2 Å². The van der Waals surface area contributed by atoms with Crippen LogP contribution in [-0.2, 0) is 9.53 Å². The van der Waals surface area contributed by atoms with Gasteiger partial charge in [0.15, 0.2) is 0 Å². The fourth-order valence-electron chi connectivity index (χ4n) is 0.991. The summed E-state index contributed by atoms with van der Waals surface area (Å²) < 4.78 is 40.0. The van der Waals surface area contributed by atoms with E-state index in [0.29, 0.717) is 18.4 Å². The summed E-state index contributed by atoms with van der Waals surface area (Å²) in [6.45, 7) is 6.95. The molecule has 88 valence electrons. The molecule has 0 aromatic carbocycles. The van der Waals surface area contributed by atoms with E-state index in [1.165, 1.54) is 0 Å². The molecule has 0 aliphatic rings. The maximum absolute atomic E-state index is 11.9. The Hall–Kier alpha value is -1.00. The number of carbonyl (C=O) groups excluding carboxylic acids is 1. The Kier molecular flexibility index (Phi) is 5.39. The minimum absolute atomic E-state index is 0.383. The molecule has 0 saturated heterocycles. The van der Waals surface area contributed by atoms with Gasteiger partial charge in [-0.2, -0.15) is 13.2 Å². The summed E-state index contributed by atoms with van der Waals surface area (Å²) in [7, 11) is 0. The molecule has 0 spiro atoms. The number of unbranched alkanes of at least 4 members (excludes halogenated alkanes) is 1. The molecular formula is C10H15F3O2. The Bertz CT molecular complexity index is 233. The lowest BCUT2D eigenvalue weighted by molar-refractivity contribution is -0.203. The summed E-state index contributed by atoms with van der Waals surface area (Å²) in [4.78, 5) is 10.6. The first-order chi connectivity index (χ1) is 6.79. The van der Waals surface area contributed by atoms with Crippen LogP contribution in [0, 0.1) is 0 Å². The average Bonchev–Trinajstić information content (AvgIpc) is 2.09. The Morgan fingerprint density at radius 1 is 1.47 bits per heavy atom. The van der Waals surface area contributed by atoms with Crippen molar-refractivity contribution in [3.8, 4) is 0 Å². The third-order valence-corrected chi connectivity index (χ3v) is 1.85. The summed E-state index contributed by atoms with van der Waals surface area (Å²) in [5.74, 6) is -2.15. The van der Waals surface area contributed by atoms with Gasteiger partial charge in [-0.3, -0.25) is 0 Å². The van der Waals surface area contributed by atoms with Crippen LogP contribution in [0.1, 0.15) is 33.1 Å². The Morgan fingerprint density at radius 3 is 2.33 bits per heavy atom. The average molecular weight is 224 g/mol. The number of hydrogen-bond donors (Lipinski definition) is 0. The number of halogens is 3. The van der Waals surface area contributed by atoms with Crippen LogP contribution < -0.4 is 0 Å². The summed E-state index contributed by atoms with van der Waals surface area (Å²) in [6, 6.07) is 0. The molecule has 0 aliphatic carbocycles. The maximum Gasteiger partial charge on any atom is 0.490 e. The monoisotopic (exact) mass is 224 g/mol. The second kappa shape index (κ2) is 5.78. The molecule has 0 aliphatic heterocycles. The second-order valence-corrected chi connectivity index (χ2v) is 3.38. The van der Waals surface area contributed by atoms with E-state index in [4.69, 9.17) is 0 Å². The van der Waals surface area contributed by atoms with Crippen LogP contribution in [0.5, 0.6) is 0 Å². The number of hydrogen-bond acceptors (Lipinski definition) is 2. The van der Waals surface area contributed by atoms with Crippen LogP contribution in [-0.4, -0.2) is 18.2 Å². The van der Waals surface area contributed by atoms with Gasteiger partial charge in [-0.1, -0.05) is 19.9 Å². The second-order valence-electron chi connectivity index (χ2n) is 3.38. The van der Waals surface area contributed by atoms with Crippen molar-refractivity contribution in [2.75, 3.05) is 0 Å². The molecule has 1 atom stereocenters. The van der Waals surface area contributed by atoms with E-state index in [2.05, 4.69) is 11.3 Å². The fraction of sp³-hybridized carbons (Fsp3) is 0.700. The summed E-state index contributed by atoms with van der Waals surface area (Å²) in [6.07, 6.45) is -3.86. The van der Waals surface area contributed by atoms with Crippen molar-refractivity contribution in [3.63, 3.8) is 0 Å². The lowest BCUT2D eigenvalue weighted by atomic mass is 10.1. The number of rotatable bonds is 5. The highest BCUT2D eigenvalue weighted by molar-refractivity contribution is 5.76. The topological polar surface area (TPSA) is 26.3 Å². The zero-order valence-corrected chi connectivity index (χ0v) is 8.86. The van der Waals surface area contributed by atoms with E-state index in [1.807, 2.05) is 6.92 Å². The third kappa shape index (κ3) is 5.44. The van der Waals surface area contributed by atoms with Crippen LogP contribution in [0.15, 0.2) is 12.2 Å². The van der Waals surface area contributed by atoms with E-state index >= 15 is 0 Å². The molecule has 0 radical (unpaired) electrons. The summed E-state index contributed by atoms with van der Waals surface area (Å²) in [5, 5.41) is 0. The molecule has 0 rings (SSSR count). The molecule has 15 heavy (non-hydrogen) atoms. The third-order valence-electron chi connectivity index (χ3n) is 1.85. The van der Waals surface area contributed by atoms with E-state index in [-0.39, 0.29) is 0 Å². The molecule has 0 heterocycles. The Morgan fingerprint density at radius 2 is 2.00 bits per heavy atom. The van der Waals surface area contributed by atoms with Gasteiger partial charge in [0.25, 0.3) is 0 Å². The molecule has 1 unspecified atom stereocenters. The van der Waals surface area contributed by atoms with Gasteiger partial charge in [0, 0.05) is 0 Å². The Labute approximate surface area is 87.1 Å². The minimum atomic E-state index is -4.93. The quantitative estimate of drug-likeness (QED) is 0.529. The van der Waals surface area contributed by atoms with Crippen molar-refractivity contribution in [1.82, 2.24) is 0 Å². The fourth-order valence-corrected chi connectivity index (χ4v) is 0.991. The molecule has 2 nitrogen and oxygen atoms in total. The highest BCUT2D eigenvalue weighted by Crippen LogP contribution is 2.21. The maximum atomic E-state index is 11.9. The van der Waals surface area contributed by atoms with E-state index in [0.717, 1.165) is 6.42 Å². The molecule has 0 saturated carbocycles. The molecule has 0 N–H and O–H groups in total. The van der Waals surface area contributed by atoms with Crippen LogP contribution in [0.25, 0.3) is 0 Å². The molecule has 0 bridgehead atoms. The summed E-state index contributed by atoms with van der Waals surface area (Å²) >= 11 is 0. The predicted molar refractivity (Wildman–Crippen MR) is 50.3 cm³/mol.